The Kier molecular flexibility index (Phi) is 13.1. The molecule has 0 rings (SSSR count). The van der Waals surface area contributed by atoms with Gasteiger partial charge >= 0.3 is 0 Å². The summed E-state index contributed by atoms with van der Waals surface area (Å²) in [7, 11) is 0. The van der Waals surface area contributed by atoms with E-state index < -0.39 is 0 Å². The number of rotatable bonds is 8. The molecule has 0 aliphatic carbocycles. The van der Waals surface area contributed by atoms with Gasteiger partial charge in [-0.3, -0.25) is 9.98 Å². The molecule has 0 radical (unpaired) electrons. The zero-order chi connectivity index (χ0) is 16.1. The average molecular weight is 333 g/mol. The molecule has 0 unspecified atom stereocenters. The minimum Gasteiger partial charge on any atom is -0.363 e. The number of amidine groups is 2. The molecule has 0 heterocycles. The van der Waals surface area contributed by atoms with Gasteiger partial charge in [0.2, 0.25) is 0 Å². The Balaban J connectivity index is 3.80. The molecule has 21 heavy (non-hydrogen) atoms. The predicted molar refractivity (Wildman–Crippen MR) is 102 cm³/mol. The summed E-state index contributed by atoms with van der Waals surface area (Å²) in [5.74, 6) is 0. The Morgan fingerprint density at radius 2 is 1.14 bits per heavy atom. The zero-order valence-electron chi connectivity index (χ0n) is 14.4. The zero-order valence-corrected chi connectivity index (χ0v) is 16.0. The molecule has 124 valence electrons. The number of aliphatic imine (C=N–C) groups is 2. The Labute approximate surface area is 139 Å². The first-order valence-corrected chi connectivity index (χ1v) is 10.1. The molecule has 0 atom stereocenters. The maximum atomic E-state index is 4.59. The van der Waals surface area contributed by atoms with Crippen molar-refractivity contribution in [3.05, 3.63) is 0 Å². The standard InChI is InChI=1S/C15H32N4S2/c1-12(2)18-14(20-5)16-10-8-7-9-11-17-15(21-6)19-13(3)4/h12-13H,7-11H2,1-6H3,(H,16,18)(H,17,19). The molecule has 0 aliphatic heterocycles. The highest BCUT2D eigenvalue weighted by atomic mass is 32.2. The van der Waals surface area contributed by atoms with Crippen LogP contribution in [0.15, 0.2) is 9.98 Å². The van der Waals surface area contributed by atoms with E-state index in [1.54, 1.807) is 23.5 Å². The van der Waals surface area contributed by atoms with Gasteiger partial charge in [0.15, 0.2) is 10.3 Å². The van der Waals surface area contributed by atoms with Crippen LogP contribution < -0.4 is 10.6 Å². The highest BCUT2D eigenvalue weighted by Gasteiger charge is 1.99. The molecule has 0 fully saturated rings. The molecule has 4 nitrogen and oxygen atoms in total. The fraction of sp³-hybridized carbons (Fsp3) is 0.867. The van der Waals surface area contributed by atoms with Crippen LogP contribution in [0.1, 0.15) is 47.0 Å². The van der Waals surface area contributed by atoms with Gasteiger partial charge in [0.05, 0.1) is 0 Å². The van der Waals surface area contributed by atoms with Crippen LogP contribution in [0.3, 0.4) is 0 Å². The largest absolute Gasteiger partial charge is 0.363 e. The Hall–Kier alpha value is -0.360. The van der Waals surface area contributed by atoms with Gasteiger partial charge in [0.1, 0.15) is 0 Å². The number of hydrogen-bond donors (Lipinski definition) is 2. The van der Waals surface area contributed by atoms with Gasteiger partial charge in [-0.25, -0.2) is 0 Å². The third-order valence-electron chi connectivity index (χ3n) is 2.54. The van der Waals surface area contributed by atoms with Crippen molar-refractivity contribution < 1.29 is 0 Å². The van der Waals surface area contributed by atoms with E-state index in [9.17, 15) is 0 Å². The van der Waals surface area contributed by atoms with Crippen molar-refractivity contribution in [3.8, 4) is 0 Å². The molecular weight excluding hydrogens is 300 g/mol. The van der Waals surface area contributed by atoms with Gasteiger partial charge < -0.3 is 10.6 Å². The van der Waals surface area contributed by atoms with Gasteiger partial charge in [-0.2, -0.15) is 0 Å². The molecule has 0 spiro atoms. The minimum atomic E-state index is 0.448. The second-order valence-electron chi connectivity index (χ2n) is 5.44. The van der Waals surface area contributed by atoms with Crippen molar-refractivity contribution in [3.63, 3.8) is 0 Å². The monoisotopic (exact) mass is 332 g/mol. The summed E-state index contributed by atoms with van der Waals surface area (Å²) in [6.07, 6.45) is 7.57. The lowest BCUT2D eigenvalue weighted by molar-refractivity contribution is 0.685. The number of unbranched alkanes of at least 4 members (excludes halogenated alkanes) is 2. The fourth-order valence-electron chi connectivity index (χ4n) is 1.59. The normalized spacial score (nSPS) is 13.1. The summed E-state index contributed by atoms with van der Waals surface area (Å²) in [4.78, 5) is 9.17. The first kappa shape index (κ1) is 20.6. The molecule has 0 aromatic rings. The quantitative estimate of drug-likeness (QED) is 0.405. The predicted octanol–water partition coefficient (Wildman–Crippen LogP) is 3.59. The van der Waals surface area contributed by atoms with E-state index in [-0.39, 0.29) is 0 Å². The van der Waals surface area contributed by atoms with Crippen molar-refractivity contribution in [2.75, 3.05) is 25.6 Å². The lowest BCUT2D eigenvalue weighted by Crippen LogP contribution is -2.28. The van der Waals surface area contributed by atoms with Crippen molar-refractivity contribution in [1.82, 2.24) is 10.6 Å². The highest BCUT2D eigenvalue weighted by Crippen LogP contribution is 2.02. The molecule has 0 saturated carbocycles. The van der Waals surface area contributed by atoms with Crippen LogP contribution in [0.2, 0.25) is 0 Å². The second-order valence-corrected chi connectivity index (χ2v) is 7.03. The summed E-state index contributed by atoms with van der Waals surface area (Å²) < 4.78 is 0. The summed E-state index contributed by atoms with van der Waals surface area (Å²) >= 11 is 3.37. The summed E-state index contributed by atoms with van der Waals surface area (Å²) in [5, 5.41) is 8.80. The third kappa shape index (κ3) is 13.1. The number of nitrogens with zero attached hydrogens (tertiary/aromatic N) is 2. The molecule has 0 aromatic heterocycles. The van der Waals surface area contributed by atoms with Crippen LogP contribution in [0.25, 0.3) is 0 Å². The third-order valence-corrected chi connectivity index (χ3v) is 3.81. The van der Waals surface area contributed by atoms with Crippen molar-refractivity contribution in [1.29, 1.82) is 0 Å². The number of nitrogens with one attached hydrogen (secondary N) is 2. The summed E-state index contributed by atoms with van der Waals surface area (Å²) in [6, 6.07) is 0.896. The molecule has 0 amide bonds. The van der Waals surface area contributed by atoms with Crippen molar-refractivity contribution in [2.45, 2.75) is 59.0 Å². The SMILES string of the molecule is CSC(=NCCCCCN=C(NC(C)C)SC)NC(C)C. The van der Waals surface area contributed by atoms with E-state index in [1.165, 1.54) is 6.42 Å². The van der Waals surface area contributed by atoms with Crippen LogP contribution >= 0.6 is 23.5 Å². The molecule has 6 heteroatoms. The first-order chi connectivity index (χ1) is 9.99. The van der Waals surface area contributed by atoms with E-state index in [0.29, 0.717) is 12.1 Å². The molecular formula is C15H32N4S2. The lowest BCUT2D eigenvalue weighted by Gasteiger charge is -2.11. The van der Waals surface area contributed by atoms with Crippen LogP contribution in [-0.2, 0) is 0 Å². The Bertz CT molecular complexity index is 285. The maximum Gasteiger partial charge on any atom is 0.156 e. The Morgan fingerprint density at radius 1 is 0.762 bits per heavy atom. The summed E-state index contributed by atoms with van der Waals surface area (Å²) in [6.45, 7) is 10.4. The minimum absolute atomic E-state index is 0.448. The van der Waals surface area contributed by atoms with E-state index in [1.807, 2.05) is 0 Å². The van der Waals surface area contributed by atoms with E-state index in [4.69, 9.17) is 0 Å². The van der Waals surface area contributed by atoms with Crippen LogP contribution in [0.4, 0.5) is 0 Å². The van der Waals surface area contributed by atoms with Gasteiger partial charge in [0, 0.05) is 25.2 Å². The molecule has 0 aliphatic rings. The molecule has 2 N–H and O–H groups in total. The van der Waals surface area contributed by atoms with E-state index in [0.717, 1.165) is 36.3 Å². The maximum absolute atomic E-state index is 4.59. The molecule has 0 aromatic carbocycles. The summed E-state index contributed by atoms with van der Waals surface area (Å²) in [5.41, 5.74) is 0. The van der Waals surface area contributed by atoms with Crippen molar-refractivity contribution in [2.24, 2.45) is 9.98 Å². The van der Waals surface area contributed by atoms with Gasteiger partial charge in [-0.1, -0.05) is 23.5 Å². The number of hydrogen-bond acceptors (Lipinski definition) is 4. The first-order valence-electron chi connectivity index (χ1n) is 7.69. The topological polar surface area (TPSA) is 48.8 Å². The van der Waals surface area contributed by atoms with Crippen LogP contribution in [-0.4, -0.2) is 48.0 Å². The fourth-order valence-corrected chi connectivity index (χ4v) is 2.74. The van der Waals surface area contributed by atoms with E-state index >= 15 is 0 Å². The smallest absolute Gasteiger partial charge is 0.156 e. The van der Waals surface area contributed by atoms with Gasteiger partial charge in [-0.05, 0) is 59.5 Å². The lowest BCUT2D eigenvalue weighted by atomic mass is 10.2. The van der Waals surface area contributed by atoms with Crippen LogP contribution in [0.5, 0.6) is 0 Å². The van der Waals surface area contributed by atoms with E-state index in [2.05, 4.69) is 60.8 Å². The molecule has 0 bridgehead atoms. The van der Waals surface area contributed by atoms with Crippen molar-refractivity contribution >= 4 is 33.9 Å². The van der Waals surface area contributed by atoms with Gasteiger partial charge in [-0.15, -0.1) is 0 Å². The van der Waals surface area contributed by atoms with Crippen LogP contribution in [0, 0.1) is 0 Å². The average Bonchev–Trinajstić information content (AvgIpc) is 2.42. The second kappa shape index (κ2) is 13.3. The van der Waals surface area contributed by atoms with Gasteiger partial charge in [0.25, 0.3) is 0 Å². The molecule has 0 saturated heterocycles. The highest BCUT2D eigenvalue weighted by molar-refractivity contribution is 8.13. The number of thioether (sulfide) groups is 2. The Morgan fingerprint density at radius 3 is 1.43 bits per heavy atom.